The molecule has 1 aromatic rings. The Morgan fingerprint density at radius 2 is 2.54 bits per heavy atom. The molecule has 0 aliphatic rings. The van der Waals surface area contributed by atoms with Gasteiger partial charge in [-0.3, -0.25) is 4.79 Å². The van der Waals surface area contributed by atoms with Gasteiger partial charge >= 0.3 is 0 Å². The zero-order chi connectivity index (χ0) is 9.68. The third kappa shape index (κ3) is 3.71. The third-order valence-corrected chi connectivity index (χ3v) is 2.48. The molecule has 1 rings (SSSR count). The van der Waals surface area contributed by atoms with Gasteiger partial charge in [0.1, 0.15) is 9.34 Å². The molecule has 1 heterocycles. The van der Waals surface area contributed by atoms with Crippen LogP contribution in [0.2, 0.25) is 4.34 Å². The summed E-state index contributed by atoms with van der Waals surface area (Å²) in [5.74, 6) is -0.0392. The summed E-state index contributed by atoms with van der Waals surface area (Å²) in [5, 5.41) is 6.34. The van der Waals surface area contributed by atoms with E-state index in [4.69, 9.17) is 11.6 Å². The average Bonchev–Trinajstić information content (AvgIpc) is 2.51. The smallest absolute Gasteiger partial charge is 0.233 e. The molecule has 6 heteroatoms. The molecule has 0 fully saturated rings. The van der Waals surface area contributed by atoms with Crippen LogP contribution in [0.15, 0.2) is 6.20 Å². The van der Waals surface area contributed by atoms with Gasteiger partial charge < -0.3 is 10.6 Å². The summed E-state index contributed by atoms with van der Waals surface area (Å²) in [6.07, 6.45) is 1.60. The molecule has 0 atom stereocenters. The molecule has 2 N–H and O–H groups in total. The van der Waals surface area contributed by atoms with E-state index >= 15 is 0 Å². The lowest BCUT2D eigenvalue weighted by atomic mass is 10.5. The van der Waals surface area contributed by atoms with E-state index in [1.54, 1.807) is 13.2 Å². The molecule has 0 bridgehead atoms. The Kier molecular flexibility index (Phi) is 4.14. The number of hydrogen-bond donors (Lipinski definition) is 2. The number of aromatic nitrogens is 1. The second-order valence-corrected chi connectivity index (χ2v) is 4.08. The standard InChI is InChI=1S/C7H10ClN3OS/c1-9-6(12)3-10-4-7-11-2-5(8)13-7/h2,10H,3-4H2,1H3,(H,9,12). The molecular formula is C7H10ClN3OS. The third-order valence-electron chi connectivity index (χ3n) is 1.37. The van der Waals surface area contributed by atoms with E-state index in [1.165, 1.54) is 11.3 Å². The van der Waals surface area contributed by atoms with Crippen LogP contribution in [0.1, 0.15) is 5.01 Å². The molecule has 4 nitrogen and oxygen atoms in total. The number of likely N-dealkylation sites (N-methyl/N-ethyl adjacent to an activating group) is 1. The van der Waals surface area contributed by atoms with E-state index in [9.17, 15) is 4.79 Å². The summed E-state index contributed by atoms with van der Waals surface area (Å²) in [4.78, 5) is 14.8. The van der Waals surface area contributed by atoms with Crippen molar-refractivity contribution in [2.45, 2.75) is 6.54 Å². The summed E-state index contributed by atoms with van der Waals surface area (Å²) < 4.78 is 0.664. The molecule has 1 aromatic heterocycles. The number of amides is 1. The Labute approximate surface area is 85.3 Å². The van der Waals surface area contributed by atoms with Gasteiger partial charge in [-0.25, -0.2) is 4.98 Å². The molecule has 0 unspecified atom stereocenters. The molecule has 0 aromatic carbocycles. The fourth-order valence-corrected chi connectivity index (χ4v) is 1.67. The van der Waals surface area contributed by atoms with Crippen LogP contribution in [0.5, 0.6) is 0 Å². The average molecular weight is 220 g/mol. The van der Waals surface area contributed by atoms with Crippen LogP contribution in [-0.2, 0) is 11.3 Å². The molecule has 72 valence electrons. The molecular weight excluding hydrogens is 210 g/mol. The number of rotatable bonds is 4. The van der Waals surface area contributed by atoms with E-state index in [0.717, 1.165) is 5.01 Å². The van der Waals surface area contributed by atoms with Gasteiger partial charge in [-0.05, 0) is 0 Å². The maximum atomic E-state index is 10.8. The molecule has 0 radical (unpaired) electrons. The number of carbonyl (C=O) groups excluding carboxylic acids is 1. The highest BCUT2D eigenvalue weighted by atomic mass is 35.5. The van der Waals surface area contributed by atoms with E-state index in [2.05, 4.69) is 15.6 Å². The quantitative estimate of drug-likeness (QED) is 0.781. The Balaban J connectivity index is 2.24. The van der Waals surface area contributed by atoms with Crippen molar-refractivity contribution in [2.75, 3.05) is 13.6 Å². The summed E-state index contributed by atoms with van der Waals surface area (Å²) >= 11 is 7.09. The zero-order valence-electron chi connectivity index (χ0n) is 7.13. The predicted octanol–water partition coefficient (Wildman–Crippen LogP) is 0.632. The van der Waals surface area contributed by atoms with Crippen molar-refractivity contribution in [2.24, 2.45) is 0 Å². The molecule has 0 saturated carbocycles. The van der Waals surface area contributed by atoms with E-state index in [0.29, 0.717) is 17.4 Å². The monoisotopic (exact) mass is 219 g/mol. The Bertz CT molecular complexity index is 289. The van der Waals surface area contributed by atoms with Gasteiger partial charge in [0.05, 0.1) is 12.7 Å². The van der Waals surface area contributed by atoms with E-state index in [-0.39, 0.29) is 5.91 Å². The van der Waals surface area contributed by atoms with Gasteiger partial charge in [-0.2, -0.15) is 0 Å². The summed E-state index contributed by atoms with van der Waals surface area (Å²) in [6.45, 7) is 0.874. The van der Waals surface area contributed by atoms with Gasteiger partial charge in [0.15, 0.2) is 0 Å². The highest BCUT2D eigenvalue weighted by Gasteiger charge is 2.00. The first-order valence-corrected chi connectivity index (χ1v) is 4.93. The Morgan fingerprint density at radius 3 is 3.08 bits per heavy atom. The van der Waals surface area contributed by atoms with Gasteiger partial charge in [-0.15, -0.1) is 11.3 Å². The highest BCUT2D eigenvalue weighted by molar-refractivity contribution is 7.15. The van der Waals surface area contributed by atoms with Crippen molar-refractivity contribution in [3.63, 3.8) is 0 Å². The highest BCUT2D eigenvalue weighted by Crippen LogP contribution is 2.17. The van der Waals surface area contributed by atoms with Gasteiger partial charge in [0.2, 0.25) is 5.91 Å². The van der Waals surface area contributed by atoms with Crippen LogP contribution in [-0.4, -0.2) is 24.5 Å². The summed E-state index contributed by atoms with van der Waals surface area (Å²) in [6, 6.07) is 0. The lowest BCUT2D eigenvalue weighted by Crippen LogP contribution is -2.30. The molecule has 0 aliphatic carbocycles. The number of nitrogens with one attached hydrogen (secondary N) is 2. The minimum atomic E-state index is -0.0392. The summed E-state index contributed by atoms with van der Waals surface area (Å²) in [5.41, 5.74) is 0. The minimum absolute atomic E-state index is 0.0392. The normalized spacial score (nSPS) is 10.0. The van der Waals surface area contributed by atoms with E-state index < -0.39 is 0 Å². The lowest BCUT2D eigenvalue weighted by Gasteiger charge is -1.99. The second kappa shape index (κ2) is 5.16. The van der Waals surface area contributed by atoms with Gasteiger partial charge in [0, 0.05) is 13.6 Å². The number of thiazole rings is 1. The predicted molar refractivity (Wildman–Crippen MR) is 52.9 cm³/mol. The van der Waals surface area contributed by atoms with Crippen molar-refractivity contribution in [1.82, 2.24) is 15.6 Å². The van der Waals surface area contributed by atoms with Crippen LogP contribution in [0, 0.1) is 0 Å². The Morgan fingerprint density at radius 1 is 1.77 bits per heavy atom. The molecule has 0 aliphatic heterocycles. The molecule has 0 saturated heterocycles. The topological polar surface area (TPSA) is 54.0 Å². The SMILES string of the molecule is CNC(=O)CNCc1ncc(Cl)s1. The fraction of sp³-hybridized carbons (Fsp3) is 0.429. The van der Waals surface area contributed by atoms with Crippen molar-refractivity contribution >= 4 is 28.8 Å². The van der Waals surface area contributed by atoms with Crippen LogP contribution >= 0.6 is 22.9 Å². The van der Waals surface area contributed by atoms with Gasteiger partial charge in [0.25, 0.3) is 0 Å². The van der Waals surface area contributed by atoms with Crippen LogP contribution in [0.25, 0.3) is 0 Å². The zero-order valence-corrected chi connectivity index (χ0v) is 8.71. The number of hydrogen-bond acceptors (Lipinski definition) is 4. The molecule has 0 spiro atoms. The fourth-order valence-electron chi connectivity index (χ4n) is 0.741. The lowest BCUT2D eigenvalue weighted by molar-refractivity contribution is -0.119. The number of carbonyl (C=O) groups is 1. The maximum absolute atomic E-state index is 10.8. The van der Waals surface area contributed by atoms with Crippen molar-refractivity contribution in [1.29, 1.82) is 0 Å². The molecule has 13 heavy (non-hydrogen) atoms. The summed E-state index contributed by atoms with van der Waals surface area (Å²) in [7, 11) is 1.60. The van der Waals surface area contributed by atoms with Crippen molar-refractivity contribution < 1.29 is 4.79 Å². The van der Waals surface area contributed by atoms with Crippen LogP contribution in [0.4, 0.5) is 0 Å². The minimum Gasteiger partial charge on any atom is -0.358 e. The van der Waals surface area contributed by atoms with Crippen LogP contribution in [0.3, 0.4) is 0 Å². The van der Waals surface area contributed by atoms with Crippen molar-refractivity contribution in [3.05, 3.63) is 15.5 Å². The maximum Gasteiger partial charge on any atom is 0.233 e. The number of halogens is 1. The second-order valence-electron chi connectivity index (χ2n) is 2.33. The van der Waals surface area contributed by atoms with Crippen molar-refractivity contribution in [3.8, 4) is 0 Å². The first-order valence-electron chi connectivity index (χ1n) is 3.74. The van der Waals surface area contributed by atoms with Gasteiger partial charge in [-0.1, -0.05) is 11.6 Å². The van der Waals surface area contributed by atoms with Crippen LogP contribution < -0.4 is 10.6 Å². The first-order chi connectivity index (χ1) is 6.22. The largest absolute Gasteiger partial charge is 0.358 e. The van der Waals surface area contributed by atoms with E-state index in [1.807, 2.05) is 0 Å². The molecule has 1 amide bonds. The number of nitrogens with zero attached hydrogens (tertiary/aromatic N) is 1. The first kappa shape index (κ1) is 10.4. The Hall–Kier alpha value is -0.650.